The zero-order chi connectivity index (χ0) is 9.28. The SMILES string of the molecule is CCO[N+](=O)[O-].CO[N+](=O)[O-]. The van der Waals surface area contributed by atoms with Gasteiger partial charge in [0.15, 0.2) is 0 Å². The summed E-state index contributed by atoms with van der Waals surface area (Å²) in [7, 11) is 1.00. The van der Waals surface area contributed by atoms with Crippen LogP contribution in [0.1, 0.15) is 6.92 Å². The molecule has 0 N–H and O–H groups in total. The molecular formula is C3H8N2O6. The van der Waals surface area contributed by atoms with Crippen LogP contribution in [-0.4, -0.2) is 23.9 Å². The fraction of sp³-hybridized carbons (Fsp3) is 1.00. The quantitative estimate of drug-likeness (QED) is 0.435. The topological polar surface area (TPSA) is 105 Å². The number of rotatable bonds is 3. The predicted octanol–water partition coefficient (Wildman–Crippen LogP) is 0.0391. The van der Waals surface area contributed by atoms with Crippen molar-refractivity contribution in [2.24, 2.45) is 0 Å². The lowest BCUT2D eigenvalue weighted by molar-refractivity contribution is -0.756. The van der Waals surface area contributed by atoms with Crippen LogP contribution in [0.25, 0.3) is 0 Å². The fourth-order valence-electron chi connectivity index (χ4n) is 0.105. The van der Waals surface area contributed by atoms with Gasteiger partial charge in [0.2, 0.25) is 0 Å². The van der Waals surface area contributed by atoms with Crippen molar-refractivity contribution in [1.29, 1.82) is 0 Å². The van der Waals surface area contributed by atoms with Gasteiger partial charge >= 0.3 is 0 Å². The molecule has 0 aliphatic rings. The van der Waals surface area contributed by atoms with Crippen molar-refractivity contribution in [1.82, 2.24) is 0 Å². The summed E-state index contributed by atoms with van der Waals surface area (Å²) in [6, 6.07) is 0. The van der Waals surface area contributed by atoms with E-state index in [1.165, 1.54) is 0 Å². The zero-order valence-corrected chi connectivity index (χ0v) is 6.05. The van der Waals surface area contributed by atoms with Gasteiger partial charge in [-0.15, -0.1) is 20.2 Å². The highest BCUT2D eigenvalue weighted by atomic mass is 17.0. The Hall–Kier alpha value is -1.60. The van der Waals surface area contributed by atoms with E-state index in [-0.39, 0.29) is 6.61 Å². The Balaban J connectivity index is 0. The van der Waals surface area contributed by atoms with Gasteiger partial charge in [0, 0.05) is 0 Å². The van der Waals surface area contributed by atoms with Gasteiger partial charge in [-0.1, -0.05) is 0 Å². The van der Waals surface area contributed by atoms with E-state index in [9.17, 15) is 10.1 Å². The molecule has 0 rings (SSSR count). The first-order chi connectivity index (χ1) is 5.04. The molecule has 0 spiro atoms. The molecule has 0 aromatic rings. The molecule has 0 saturated heterocycles. The van der Waals surface area contributed by atoms with E-state index >= 15 is 0 Å². The predicted molar refractivity (Wildman–Crippen MR) is 32.6 cm³/mol. The van der Waals surface area contributed by atoms with Crippen LogP contribution in [0.2, 0.25) is 0 Å². The molecule has 11 heavy (non-hydrogen) atoms. The van der Waals surface area contributed by atoms with E-state index in [1.807, 2.05) is 0 Å². The minimum atomic E-state index is -0.875. The molecule has 8 heteroatoms. The van der Waals surface area contributed by atoms with E-state index in [2.05, 4.69) is 9.68 Å². The fourth-order valence-corrected chi connectivity index (χ4v) is 0.105. The molecule has 0 amide bonds. The lowest BCUT2D eigenvalue weighted by Gasteiger charge is -1.83. The highest BCUT2D eigenvalue weighted by Crippen LogP contribution is 1.67. The van der Waals surface area contributed by atoms with Gasteiger partial charge in [-0.2, -0.15) is 0 Å². The molecule has 0 unspecified atom stereocenters. The Labute approximate surface area is 61.9 Å². The second kappa shape index (κ2) is 8.40. The summed E-state index contributed by atoms with van der Waals surface area (Å²) in [6.07, 6.45) is 0. The summed E-state index contributed by atoms with van der Waals surface area (Å²) in [5.41, 5.74) is 0. The third-order valence-electron chi connectivity index (χ3n) is 0.384. The van der Waals surface area contributed by atoms with Gasteiger partial charge in [-0.3, -0.25) is 0 Å². The Bertz CT molecular complexity index is 125. The Kier molecular flexibility index (Phi) is 9.25. The van der Waals surface area contributed by atoms with Crippen LogP contribution >= 0.6 is 0 Å². The van der Waals surface area contributed by atoms with Crippen molar-refractivity contribution in [3.8, 4) is 0 Å². The van der Waals surface area contributed by atoms with E-state index in [4.69, 9.17) is 10.1 Å². The van der Waals surface area contributed by atoms with E-state index < -0.39 is 10.2 Å². The summed E-state index contributed by atoms with van der Waals surface area (Å²) >= 11 is 0. The summed E-state index contributed by atoms with van der Waals surface area (Å²) in [5.74, 6) is 0. The molecule has 66 valence electrons. The average molecular weight is 168 g/mol. The number of hydrogen-bond donors (Lipinski definition) is 0. The van der Waals surface area contributed by atoms with E-state index in [1.54, 1.807) is 6.92 Å². The first-order valence-corrected chi connectivity index (χ1v) is 2.50. The molecule has 0 saturated carbocycles. The van der Waals surface area contributed by atoms with Crippen molar-refractivity contribution >= 4 is 0 Å². The highest BCUT2D eigenvalue weighted by molar-refractivity contribution is 3.95. The van der Waals surface area contributed by atoms with Crippen LogP contribution in [0.3, 0.4) is 0 Å². The molecule has 0 fully saturated rings. The van der Waals surface area contributed by atoms with Crippen molar-refractivity contribution in [3.63, 3.8) is 0 Å². The molecule has 0 radical (unpaired) electrons. The highest BCUT2D eigenvalue weighted by Gasteiger charge is 1.83. The molecule has 0 aliphatic carbocycles. The van der Waals surface area contributed by atoms with Crippen LogP contribution in [0, 0.1) is 20.2 Å². The van der Waals surface area contributed by atoms with Crippen molar-refractivity contribution in [2.75, 3.05) is 13.7 Å². The monoisotopic (exact) mass is 168 g/mol. The van der Waals surface area contributed by atoms with Crippen LogP contribution in [0.15, 0.2) is 0 Å². The maximum atomic E-state index is 9.18. The van der Waals surface area contributed by atoms with Crippen molar-refractivity contribution < 1.29 is 19.8 Å². The lowest BCUT2D eigenvalue weighted by Crippen LogP contribution is -1.97. The summed E-state index contributed by atoms with van der Waals surface area (Å²) in [5, 5.41) is 16.4. The third-order valence-corrected chi connectivity index (χ3v) is 0.384. The minimum absolute atomic E-state index is 0.132. The first kappa shape index (κ1) is 12.1. The second-order valence-corrected chi connectivity index (χ2v) is 1.05. The molecule has 0 aromatic carbocycles. The third kappa shape index (κ3) is 29.8. The maximum Gasteiger partial charge on any atom is 0.294 e. The smallest absolute Gasteiger partial charge is 0.294 e. The number of nitrogens with zero attached hydrogens (tertiary/aromatic N) is 2. The Morgan fingerprint density at radius 1 is 1.27 bits per heavy atom. The molecule has 0 aliphatic heterocycles. The molecule has 0 atom stereocenters. The molecule has 0 aromatic heterocycles. The summed E-state index contributed by atoms with van der Waals surface area (Å²) in [4.78, 5) is 25.4. The molecule has 0 bridgehead atoms. The maximum absolute atomic E-state index is 9.18. The summed E-state index contributed by atoms with van der Waals surface area (Å²) in [6.45, 7) is 1.69. The van der Waals surface area contributed by atoms with Gasteiger partial charge in [0.25, 0.3) is 10.2 Å². The lowest BCUT2D eigenvalue weighted by atomic mass is 10.9. The van der Waals surface area contributed by atoms with E-state index in [0.29, 0.717) is 0 Å². The number of hydrogen-bond acceptors (Lipinski definition) is 6. The Morgan fingerprint density at radius 3 is 1.64 bits per heavy atom. The standard InChI is InChI=1S/C2H5NO3.CH3NO3/c1-2-6-3(4)5;1-5-2(3)4/h2H2,1H3;1H3. The first-order valence-electron chi connectivity index (χ1n) is 2.50. The van der Waals surface area contributed by atoms with Crippen LogP contribution in [-0.2, 0) is 9.68 Å². The minimum Gasteiger partial charge on any atom is -0.317 e. The molecular weight excluding hydrogens is 160 g/mol. The van der Waals surface area contributed by atoms with Crippen molar-refractivity contribution in [3.05, 3.63) is 20.2 Å². The second-order valence-electron chi connectivity index (χ2n) is 1.05. The van der Waals surface area contributed by atoms with E-state index in [0.717, 1.165) is 7.11 Å². The van der Waals surface area contributed by atoms with Crippen LogP contribution in [0.5, 0.6) is 0 Å². The van der Waals surface area contributed by atoms with Gasteiger partial charge in [-0.25, -0.2) is 0 Å². The van der Waals surface area contributed by atoms with Gasteiger partial charge in [0.05, 0.1) is 13.7 Å². The van der Waals surface area contributed by atoms with Gasteiger partial charge < -0.3 is 9.68 Å². The normalized spacial score (nSPS) is 7.09. The van der Waals surface area contributed by atoms with Crippen LogP contribution < -0.4 is 0 Å². The summed E-state index contributed by atoms with van der Waals surface area (Å²) < 4.78 is 0. The molecule has 0 heterocycles. The average Bonchev–Trinajstić information content (AvgIpc) is 1.89. The van der Waals surface area contributed by atoms with Gasteiger partial charge in [0.1, 0.15) is 0 Å². The zero-order valence-electron chi connectivity index (χ0n) is 6.05. The van der Waals surface area contributed by atoms with Crippen molar-refractivity contribution in [2.45, 2.75) is 6.92 Å². The Morgan fingerprint density at radius 2 is 1.64 bits per heavy atom. The molecule has 8 nitrogen and oxygen atoms in total. The van der Waals surface area contributed by atoms with Crippen LogP contribution in [0.4, 0.5) is 0 Å². The largest absolute Gasteiger partial charge is 0.317 e. The van der Waals surface area contributed by atoms with Gasteiger partial charge in [-0.05, 0) is 6.92 Å².